The van der Waals surface area contributed by atoms with Crippen LogP contribution < -0.4 is 4.74 Å². The summed E-state index contributed by atoms with van der Waals surface area (Å²) in [7, 11) is 1.63. The summed E-state index contributed by atoms with van der Waals surface area (Å²) in [5, 5.41) is 0. The molecule has 21 heavy (non-hydrogen) atoms. The van der Waals surface area contributed by atoms with Gasteiger partial charge in [0.25, 0.3) is 5.91 Å². The molecule has 0 radical (unpaired) electrons. The van der Waals surface area contributed by atoms with Crippen LogP contribution in [0.15, 0.2) is 24.3 Å². The summed E-state index contributed by atoms with van der Waals surface area (Å²) in [6, 6.07) is 7.45. The van der Waals surface area contributed by atoms with Crippen LogP contribution >= 0.6 is 0 Å². The molecule has 4 heteroatoms. The van der Waals surface area contributed by atoms with E-state index >= 15 is 0 Å². The third-order valence-electron chi connectivity index (χ3n) is 4.41. The molecule has 0 spiro atoms. The van der Waals surface area contributed by atoms with Crippen LogP contribution in [-0.2, 0) is 0 Å². The molecule has 1 heterocycles. The SMILES string of the molecule is COc1cccc(C(=O)N2CCCN(CC3CC3)CC2)c1. The summed E-state index contributed by atoms with van der Waals surface area (Å²) >= 11 is 0. The molecule has 0 bridgehead atoms. The Morgan fingerprint density at radius 1 is 1.24 bits per heavy atom. The summed E-state index contributed by atoms with van der Waals surface area (Å²) in [4.78, 5) is 17.1. The number of ether oxygens (including phenoxy) is 1. The molecule has 1 aliphatic heterocycles. The average Bonchev–Trinajstić information content (AvgIpc) is 3.35. The van der Waals surface area contributed by atoms with Gasteiger partial charge in [-0.15, -0.1) is 0 Å². The maximum atomic E-state index is 12.6. The molecule has 0 aromatic heterocycles. The molecule has 0 N–H and O–H groups in total. The molecule has 114 valence electrons. The van der Waals surface area contributed by atoms with Crippen molar-refractivity contribution in [1.29, 1.82) is 0 Å². The first-order valence-electron chi connectivity index (χ1n) is 7.92. The highest BCUT2D eigenvalue weighted by molar-refractivity contribution is 5.94. The van der Waals surface area contributed by atoms with E-state index in [-0.39, 0.29) is 5.91 Å². The van der Waals surface area contributed by atoms with Crippen LogP contribution in [-0.4, -0.2) is 55.5 Å². The zero-order chi connectivity index (χ0) is 14.7. The van der Waals surface area contributed by atoms with Crippen LogP contribution in [0.25, 0.3) is 0 Å². The van der Waals surface area contributed by atoms with E-state index in [1.54, 1.807) is 7.11 Å². The molecule has 1 aromatic carbocycles. The van der Waals surface area contributed by atoms with Crippen LogP contribution in [0, 0.1) is 5.92 Å². The number of rotatable bonds is 4. The van der Waals surface area contributed by atoms with Gasteiger partial charge in [-0.25, -0.2) is 0 Å². The molecular weight excluding hydrogens is 264 g/mol. The van der Waals surface area contributed by atoms with Gasteiger partial charge in [0.2, 0.25) is 0 Å². The number of benzene rings is 1. The lowest BCUT2D eigenvalue weighted by Crippen LogP contribution is -2.35. The van der Waals surface area contributed by atoms with Gasteiger partial charge in [0.05, 0.1) is 7.11 Å². The number of nitrogens with zero attached hydrogens (tertiary/aromatic N) is 2. The average molecular weight is 288 g/mol. The minimum atomic E-state index is 0.127. The minimum absolute atomic E-state index is 0.127. The van der Waals surface area contributed by atoms with Gasteiger partial charge in [0.1, 0.15) is 5.75 Å². The molecule has 0 unspecified atom stereocenters. The van der Waals surface area contributed by atoms with Gasteiger partial charge in [0.15, 0.2) is 0 Å². The zero-order valence-electron chi connectivity index (χ0n) is 12.8. The fraction of sp³-hybridized carbons (Fsp3) is 0.588. The maximum Gasteiger partial charge on any atom is 0.254 e. The standard InChI is InChI=1S/C17H24N2O2/c1-21-16-5-2-4-15(12-16)17(20)19-9-3-8-18(10-11-19)13-14-6-7-14/h2,4-5,12,14H,3,6-11,13H2,1H3. The van der Waals surface area contributed by atoms with E-state index in [4.69, 9.17) is 4.74 Å². The smallest absolute Gasteiger partial charge is 0.254 e. The number of carbonyl (C=O) groups excluding carboxylic acids is 1. The van der Waals surface area contributed by atoms with Crippen LogP contribution in [0.5, 0.6) is 5.75 Å². The third-order valence-corrected chi connectivity index (χ3v) is 4.41. The van der Waals surface area contributed by atoms with Crippen molar-refractivity contribution in [3.8, 4) is 5.75 Å². The summed E-state index contributed by atoms with van der Waals surface area (Å²) in [6.45, 7) is 5.05. The monoisotopic (exact) mass is 288 g/mol. The summed E-state index contributed by atoms with van der Waals surface area (Å²) in [5.74, 6) is 1.79. The summed E-state index contributed by atoms with van der Waals surface area (Å²) in [6.07, 6.45) is 3.86. The molecule has 3 rings (SSSR count). The van der Waals surface area contributed by atoms with Gasteiger partial charge in [0, 0.05) is 31.7 Å². The first-order valence-corrected chi connectivity index (χ1v) is 7.92. The molecule has 1 saturated heterocycles. The van der Waals surface area contributed by atoms with Crippen molar-refractivity contribution < 1.29 is 9.53 Å². The Hall–Kier alpha value is -1.55. The zero-order valence-corrected chi connectivity index (χ0v) is 12.8. The minimum Gasteiger partial charge on any atom is -0.497 e. The lowest BCUT2D eigenvalue weighted by Gasteiger charge is -2.22. The summed E-state index contributed by atoms with van der Waals surface area (Å²) < 4.78 is 5.21. The number of methoxy groups -OCH3 is 1. The molecule has 2 fully saturated rings. The second kappa shape index (κ2) is 6.48. The van der Waals surface area contributed by atoms with Crippen molar-refractivity contribution in [3.05, 3.63) is 29.8 Å². The number of hydrogen-bond acceptors (Lipinski definition) is 3. The van der Waals surface area contributed by atoms with Crippen LogP contribution in [0.1, 0.15) is 29.6 Å². The van der Waals surface area contributed by atoms with E-state index in [1.807, 2.05) is 29.2 Å². The Labute approximate surface area is 126 Å². The predicted molar refractivity (Wildman–Crippen MR) is 82.7 cm³/mol. The van der Waals surface area contributed by atoms with Gasteiger partial charge in [-0.1, -0.05) is 6.07 Å². The van der Waals surface area contributed by atoms with E-state index in [0.29, 0.717) is 0 Å². The van der Waals surface area contributed by atoms with E-state index in [2.05, 4.69) is 4.90 Å². The highest BCUT2D eigenvalue weighted by Crippen LogP contribution is 2.30. The second-order valence-corrected chi connectivity index (χ2v) is 6.12. The lowest BCUT2D eigenvalue weighted by molar-refractivity contribution is 0.0761. The normalized spacial score (nSPS) is 20.1. The Kier molecular flexibility index (Phi) is 4.44. The molecule has 0 atom stereocenters. The largest absolute Gasteiger partial charge is 0.497 e. The topological polar surface area (TPSA) is 32.8 Å². The number of carbonyl (C=O) groups is 1. The van der Waals surface area contributed by atoms with Crippen LogP contribution in [0.3, 0.4) is 0 Å². The second-order valence-electron chi connectivity index (χ2n) is 6.12. The van der Waals surface area contributed by atoms with Gasteiger partial charge < -0.3 is 14.5 Å². The highest BCUT2D eigenvalue weighted by atomic mass is 16.5. The van der Waals surface area contributed by atoms with Crippen molar-refractivity contribution in [3.63, 3.8) is 0 Å². The third kappa shape index (κ3) is 3.76. The Bertz CT molecular complexity index is 499. The van der Waals surface area contributed by atoms with Gasteiger partial charge in [-0.05, 0) is 49.9 Å². The van der Waals surface area contributed by atoms with Gasteiger partial charge in [-0.2, -0.15) is 0 Å². The van der Waals surface area contributed by atoms with Crippen molar-refractivity contribution >= 4 is 5.91 Å². The first-order chi connectivity index (χ1) is 10.3. The maximum absolute atomic E-state index is 12.6. The lowest BCUT2D eigenvalue weighted by atomic mass is 10.2. The molecule has 2 aliphatic rings. The molecule has 4 nitrogen and oxygen atoms in total. The highest BCUT2D eigenvalue weighted by Gasteiger charge is 2.26. The Morgan fingerprint density at radius 3 is 2.86 bits per heavy atom. The molecule has 1 saturated carbocycles. The molecule has 1 aliphatic carbocycles. The van der Waals surface area contributed by atoms with Crippen molar-refractivity contribution in [2.75, 3.05) is 39.8 Å². The number of amides is 1. The van der Waals surface area contributed by atoms with Crippen LogP contribution in [0.2, 0.25) is 0 Å². The van der Waals surface area contributed by atoms with Crippen molar-refractivity contribution in [2.24, 2.45) is 5.92 Å². The van der Waals surface area contributed by atoms with Crippen molar-refractivity contribution in [2.45, 2.75) is 19.3 Å². The Balaban J connectivity index is 1.61. The number of hydrogen-bond donors (Lipinski definition) is 0. The van der Waals surface area contributed by atoms with Crippen molar-refractivity contribution in [1.82, 2.24) is 9.80 Å². The predicted octanol–water partition coefficient (Wildman–Crippen LogP) is 2.25. The van der Waals surface area contributed by atoms with Gasteiger partial charge >= 0.3 is 0 Å². The summed E-state index contributed by atoms with van der Waals surface area (Å²) in [5.41, 5.74) is 0.727. The van der Waals surface area contributed by atoms with E-state index < -0.39 is 0 Å². The fourth-order valence-corrected chi connectivity index (χ4v) is 2.96. The van der Waals surface area contributed by atoms with Gasteiger partial charge in [-0.3, -0.25) is 4.79 Å². The fourth-order valence-electron chi connectivity index (χ4n) is 2.96. The Morgan fingerprint density at radius 2 is 2.10 bits per heavy atom. The first kappa shape index (κ1) is 14.4. The molecule has 1 amide bonds. The molecular formula is C17H24N2O2. The van der Waals surface area contributed by atoms with E-state index in [0.717, 1.165) is 49.8 Å². The van der Waals surface area contributed by atoms with Crippen LogP contribution in [0.4, 0.5) is 0 Å². The van der Waals surface area contributed by atoms with E-state index in [1.165, 1.54) is 19.4 Å². The van der Waals surface area contributed by atoms with E-state index in [9.17, 15) is 4.79 Å². The molecule has 1 aromatic rings. The quantitative estimate of drug-likeness (QED) is 0.852.